The molecule has 1 aromatic heterocycles. The summed E-state index contributed by atoms with van der Waals surface area (Å²) >= 11 is 0. The van der Waals surface area contributed by atoms with Gasteiger partial charge in [-0.25, -0.2) is 4.98 Å². The molecule has 2 rings (SSSR count). The first-order valence-electron chi connectivity index (χ1n) is 5.72. The van der Waals surface area contributed by atoms with Gasteiger partial charge < -0.3 is 10.6 Å². The van der Waals surface area contributed by atoms with E-state index in [0.717, 1.165) is 31.2 Å². The van der Waals surface area contributed by atoms with E-state index in [2.05, 4.69) is 15.6 Å². The summed E-state index contributed by atoms with van der Waals surface area (Å²) in [5, 5.41) is 15.3. The first-order chi connectivity index (χ1) is 7.88. The molecule has 16 heavy (non-hydrogen) atoms. The van der Waals surface area contributed by atoms with Gasteiger partial charge in [-0.05, 0) is 37.9 Å². The van der Waals surface area contributed by atoms with Gasteiger partial charge >= 0.3 is 0 Å². The molecule has 1 aliphatic carbocycles. The van der Waals surface area contributed by atoms with Gasteiger partial charge in [0.1, 0.15) is 11.8 Å². The van der Waals surface area contributed by atoms with Gasteiger partial charge in [0.15, 0.2) is 0 Å². The van der Waals surface area contributed by atoms with Crippen LogP contribution in [-0.2, 0) is 0 Å². The summed E-state index contributed by atoms with van der Waals surface area (Å²) in [6, 6.07) is 6.41. The second kappa shape index (κ2) is 5.47. The highest BCUT2D eigenvalue weighted by Crippen LogP contribution is 2.18. The van der Waals surface area contributed by atoms with E-state index in [4.69, 9.17) is 5.26 Å². The summed E-state index contributed by atoms with van der Waals surface area (Å²) in [4.78, 5) is 4.00. The topological polar surface area (TPSA) is 60.7 Å². The molecule has 0 atom stereocenters. The third-order valence-corrected chi connectivity index (χ3v) is 2.57. The number of nitriles is 1. The van der Waals surface area contributed by atoms with Crippen LogP contribution in [0.3, 0.4) is 0 Å². The molecule has 1 saturated carbocycles. The Balaban J connectivity index is 1.62. The van der Waals surface area contributed by atoms with E-state index in [1.54, 1.807) is 12.3 Å². The molecule has 2 N–H and O–H groups in total. The van der Waals surface area contributed by atoms with Gasteiger partial charge in [0.25, 0.3) is 0 Å². The van der Waals surface area contributed by atoms with Crippen molar-refractivity contribution in [3.8, 4) is 6.07 Å². The van der Waals surface area contributed by atoms with Crippen LogP contribution in [0.5, 0.6) is 0 Å². The zero-order valence-corrected chi connectivity index (χ0v) is 9.24. The van der Waals surface area contributed by atoms with E-state index in [9.17, 15) is 0 Å². The minimum absolute atomic E-state index is 0.459. The normalized spacial score (nSPS) is 14.4. The van der Waals surface area contributed by atoms with Crippen LogP contribution in [-0.4, -0.2) is 24.1 Å². The lowest BCUT2D eigenvalue weighted by molar-refractivity contribution is 0.659. The quantitative estimate of drug-likeness (QED) is 0.708. The Labute approximate surface area is 95.7 Å². The average Bonchev–Trinajstić information content (AvgIpc) is 3.13. The highest BCUT2D eigenvalue weighted by atomic mass is 15.0. The molecule has 0 aromatic carbocycles. The minimum atomic E-state index is 0.459. The molecule has 0 radical (unpaired) electrons. The van der Waals surface area contributed by atoms with E-state index < -0.39 is 0 Å². The molecular formula is C12H16N4. The maximum absolute atomic E-state index is 8.59. The number of aromatic nitrogens is 1. The van der Waals surface area contributed by atoms with Gasteiger partial charge in [0.2, 0.25) is 0 Å². The summed E-state index contributed by atoms with van der Waals surface area (Å²) in [6.07, 6.45) is 5.49. The smallest absolute Gasteiger partial charge is 0.140 e. The largest absolute Gasteiger partial charge is 0.384 e. The van der Waals surface area contributed by atoms with Crippen molar-refractivity contribution in [2.24, 2.45) is 0 Å². The van der Waals surface area contributed by atoms with Gasteiger partial charge in [0.05, 0.1) is 11.9 Å². The first kappa shape index (κ1) is 10.9. The van der Waals surface area contributed by atoms with Crippen molar-refractivity contribution in [2.75, 3.05) is 18.4 Å². The second-order valence-electron chi connectivity index (χ2n) is 4.05. The summed E-state index contributed by atoms with van der Waals surface area (Å²) in [5.41, 5.74) is 1.44. The van der Waals surface area contributed by atoms with Crippen LogP contribution in [0.25, 0.3) is 0 Å². The lowest BCUT2D eigenvalue weighted by Crippen LogP contribution is -2.19. The van der Waals surface area contributed by atoms with E-state index in [1.165, 1.54) is 12.8 Å². The SMILES string of the molecule is N#Cc1ccc(NCCCNC2CC2)cn1. The Morgan fingerprint density at radius 1 is 1.38 bits per heavy atom. The van der Waals surface area contributed by atoms with E-state index in [-0.39, 0.29) is 0 Å². The molecule has 0 saturated heterocycles. The average molecular weight is 216 g/mol. The molecule has 4 nitrogen and oxygen atoms in total. The maximum atomic E-state index is 8.59. The Morgan fingerprint density at radius 2 is 2.25 bits per heavy atom. The van der Waals surface area contributed by atoms with Crippen molar-refractivity contribution < 1.29 is 0 Å². The van der Waals surface area contributed by atoms with Crippen molar-refractivity contribution in [1.29, 1.82) is 5.26 Å². The lowest BCUT2D eigenvalue weighted by atomic mass is 10.3. The van der Waals surface area contributed by atoms with Crippen LogP contribution < -0.4 is 10.6 Å². The van der Waals surface area contributed by atoms with Crippen LogP contribution in [0.4, 0.5) is 5.69 Å². The molecule has 4 heteroatoms. The molecule has 0 amide bonds. The molecule has 1 aliphatic rings. The second-order valence-corrected chi connectivity index (χ2v) is 4.05. The fourth-order valence-electron chi connectivity index (χ4n) is 1.48. The van der Waals surface area contributed by atoms with E-state index >= 15 is 0 Å². The molecule has 1 fully saturated rings. The Hall–Kier alpha value is -1.60. The fraction of sp³-hybridized carbons (Fsp3) is 0.500. The van der Waals surface area contributed by atoms with Crippen LogP contribution in [0.2, 0.25) is 0 Å². The van der Waals surface area contributed by atoms with Crippen LogP contribution in [0.1, 0.15) is 25.0 Å². The van der Waals surface area contributed by atoms with Crippen molar-refractivity contribution in [2.45, 2.75) is 25.3 Å². The number of pyridine rings is 1. The van der Waals surface area contributed by atoms with Gasteiger partial charge in [-0.1, -0.05) is 0 Å². The lowest BCUT2D eigenvalue weighted by Gasteiger charge is -2.06. The monoisotopic (exact) mass is 216 g/mol. The molecule has 1 aromatic rings. The number of nitrogens with one attached hydrogen (secondary N) is 2. The van der Waals surface area contributed by atoms with E-state index in [1.807, 2.05) is 12.1 Å². The molecular weight excluding hydrogens is 200 g/mol. The number of rotatable bonds is 6. The standard InChI is InChI=1S/C12H16N4/c13-8-11-4-5-12(9-16-11)15-7-1-6-14-10-2-3-10/h4-5,9-10,14-15H,1-3,6-7H2. The molecule has 0 bridgehead atoms. The molecule has 0 spiro atoms. The third-order valence-electron chi connectivity index (χ3n) is 2.57. The Kier molecular flexibility index (Phi) is 3.73. The highest BCUT2D eigenvalue weighted by Gasteiger charge is 2.19. The van der Waals surface area contributed by atoms with Gasteiger partial charge in [-0.2, -0.15) is 5.26 Å². The zero-order chi connectivity index (χ0) is 11.2. The molecule has 1 heterocycles. The van der Waals surface area contributed by atoms with Crippen LogP contribution in [0, 0.1) is 11.3 Å². The van der Waals surface area contributed by atoms with E-state index in [0.29, 0.717) is 5.69 Å². The number of hydrogen-bond acceptors (Lipinski definition) is 4. The summed E-state index contributed by atoms with van der Waals surface area (Å²) in [5.74, 6) is 0. The van der Waals surface area contributed by atoms with Crippen molar-refractivity contribution in [1.82, 2.24) is 10.3 Å². The van der Waals surface area contributed by atoms with Gasteiger partial charge in [0, 0.05) is 12.6 Å². The fourth-order valence-corrected chi connectivity index (χ4v) is 1.48. The molecule has 0 unspecified atom stereocenters. The highest BCUT2D eigenvalue weighted by molar-refractivity contribution is 5.42. The third kappa shape index (κ3) is 3.52. The minimum Gasteiger partial charge on any atom is -0.384 e. The van der Waals surface area contributed by atoms with Crippen molar-refractivity contribution >= 4 is 5.69 Å². The van der Waals surface area contributed by atoms with Crippen molar-refractivity contribution in [3.63, 3.8) is 0 Å². The first-order valence-corrected chi connectivity index (χ1v) is 5.72. The molecule has 0 aliphatic heterocycles. The number of hydrogen-bond donors (Lipinski definition) is 2. The van der Waals surface area contributed by atoms with Crippen molar-refractivity contribution in [3.05, 3.63) is 24.0 Å². The van der Waals surface area contributed by atoms with Gasteiger partial charge in [-0.15, -0.1) is 0 Å². The maximum Gasteiger partial charge on any atom is 0.140 e. The number of nitrogens with zero attached hydrogens (tertiary/aromatic N) is 2. The summed E-state index contributed by atoms with van der Waals surface area (Å²) < 4.78 is 0. The Bertz CT molecular complexity index is 362. The van der Waals surface area contributed by atoms with Crippen LogP contribution in [0.15, 0.2) is 18.3 Å². The molecule has 84 valence electrons. The van der Waals surface area contributed by atoms with Gasteiger partial charge in [-0.3, -0.25) is 0 Å². The number of anilines is 1. The summed E-state index contributed by atoms with van der Waals surface area (Å²) in [7, 11) is 0. The zero-order valence-electron chi connectivity index (χ0n) is 9.24. The Morgan fingerprint density at radius 3 is 2.88 bits per heavy atom. The summed E-state index contributed by atoms with van der Waals surface area (Å²) in [6.45, 7) is 2.01. The predicted molar refractivity (Wildman–Crippen MR) is 63.1 cm³/mol. The predicted octanol–water partition coefficient (Wildman–Crippen LogP) is 1.51. The van der Waals surface area contributed by atoms with Crippen LogP contribution >= 0.6 is 0 Å².